The highest BCUT2D eigenvalue weighted by atomic mass is 16.1. The monoisotopic (exact) mass is 378 g/mol. The van der Waals surface area contributed by atoms with E-state index in [9.17, 15) is 14.4 Å². The van der Waals surface area contributed by atoms with Gasteiger partial charge in [0.25, 0.3) is 0 Å². The molecule has 0 heterocycles. The molecule has 0 aromatic heterocycles. The predicted molar refractivity (Wildman–Crippen MR) is 113 cm³/mol. The summed E-state index contributed by atoms with van der Waals surface area (Å²) >= 11 is 0. The summed E-state index contributed by atoms with van der Waals surface area (Å²) in [6, 6.07) is 14.0. The van der Waals surface area contributed by atoms with Gasteiger partial charge in [0.05, 0.1) is 0 Å². The quantitative estimate of drug-likeness (QED) is 0.315. The van der Waals surface area contributed by atoms with E-state index in [1.165, 1.54) is 0 Å². The summed E-state index contributed by atoms with van der Waals surface area (Å²) in [5.41, 5.74) is 1.59. The first-order valence-electron chi connectivity index (χ1n) is 10.4. The third-order valence-electron chi connectivity index (χ3n) is 4.94. The molecule has 148 valence electrons. The van der Waals surface area contributed by atoms with Crippen LogP contribution >= 0.6 is 0 Å². The van der Waals surface area contributed by atoms with Crippen LogP contribution in [-0.4, -0.2) is 17.3 Å². The Balaban J connectivity index is 2.43. The SMILES string of the molecule is CCCCCC(=O)c1cccc(C(=O)c2ccccc2)c1C(=O)CCCCC. The van der Waals surface area contributed by atoms with Crippen LogP contribution in [0.2, 0.25) is 0 Å². The third-order valence-corrected chi connectivity index (χ3v) is 4.94. The van der Waals surface area contributed by atoms with Gasteiger partial charge in [-0.1, -0.05) is 88.1 Å². The highest BCUT2D eigenvalue weighted by Gasteiger charge is 2.24. The van der Waals surface area contributed by atoms with Crippen molar-refractivity contribution in [3.05, 3.63) is 70.8 Å². The van der Waals surface area contributed by atoms with E-state index in [2.05, 4.69) is 13.8 Å². The van der Waals surface area contributed by atoms with Gasteiger partial charge in [-0.3, -0.25) is 14.4 Å². The molecule has 3 heteroatoms. The zero-order valence-electron chi connectivity index (χ0n) is 17.0. The normalized spacial score (nSPS) is 10.6. The number of benzene rings is 2. The van der Waals surface area contributed by atoms with Gasteiger partial charge in [-0.15, -0.1) is 0 Å². The van der Waals surface area contributed by atoms with Crippen molar-refractivity contribution in [2.75, 3.05) is 0 Å². The lowest BCUT2D eigenvalue weighted by Crippen LogP contribution is -2.16. The number of unbranched alkanes of at least 4 members (excludes halogenated alkanes) is 4. The molecule has 28 heavy (non-hydrogen) atoms. The Morgan fingerprint density at radius 3 is 1.82 bits per heavy atom. The Morgan fingerprint density at radius 2 is 1.21 bits per heavy atom. The summed E-state index contributed by atoms with van der Waals surface area (Å²) in [6.07, 6.45) is 6.33. The smallest absolute Gasteiger partial charge is 0.193 e. The number of ketones is 3. The topological polar surface area (TPSA) is 51.2 Å². The first kappa shape index (κ1) is 21.7. The van der Waals surface area contributed by atoms with Crippen LogP contribution in [0, 0.1) is 0 Å². The zero-order chi connectivity index (χ0) is 20.4. The van der Waals surface area contributed by atoms with Gasteiger partial charge in [0.2, 0.25) is 0 Å². The van der Waals surface area contributed by atoms with Crippen LogP contribution in [0.3, 0.4) is 0 Å². The molecule has 0 aliphatic heterocycles. The molecule has 0 saturated heterocycles. The molecule has 0 aliphatic carbocycles. The maximum absolute atomic E-state index is 13.1. The van der Waals surface area contributed by atoms with Crippen molar-refractivity contribution >= 4 is 17.3 Å². The van der Waals surface area contributed by atoms with Gasteiger partial charge in [-0.2, -0.15) is 0 Å². The second-order valence-corrected chi connectivity index (χ2v) is 7.18. The lowest BCUT2D eigenvalue weighted by molar-refractivity contribution is 0.0940. The largest absolute Gasteiger partial charge is 0.294 e. The van der Waals surface area contributed by atoms with E-state index in [1.54, 1.807) is 42.5 Å². The van der Waals surface area contributed by atoms with Crippen LogP contribution in [0.5, 0.6) is 0 Å². The Bertz CT molecular complexity index is 806. The molecule has 0 aliphatic rings. The van der Waals surface area contributed by atoms with Crippen LogP contribution in [0.15, 0.2) is 48.5 Å². The second-order valence-electron chi connectivity index (χ2n) is 7.18. The van der Waals surface area contributed by atoms with Gasteiger partial charge in [0, 0.05) is 35.1 Å². The van der Waals surface area contributed by atoms with E-state index in [0.717, 1.165) is 38.5 Å². The molecule has 0 unspecified atom stereocenters. The maximum Gasteiger partial charge on any atom is 0.193 e. The van der Waals surface area contributed by atoms with E-state index >= 15 is 0 Å². The molecule has 2 aromatic rings. The Morgan fingerprint density at radius 1 is 0.643 bits per heavy atom. The van der Waals surface area contributed by atoms with Crippen molar-refractivity contribution in [1.82, 2.24) is 0 Å². The van der Waals surface area contributed by atoms with Crippen molar-refractivity contribution in [3.63, 3.8) is 0 Å². The molecular weight excluding hydrogens is 348 g/mol. The number of rotatable bonds is 12. The Kier molecular flexibility index (Phi) is 8.80. The van der Waals surface area contributed by atoms with Gasteiger partial charge in [0.15, 0.2) is 17.3 Å². The van der Waals surface area contributed by atoms with Crippen LogP contribution in [0.4, 0.5) is 0 Å². The van der Waals surface area contributed by atoms with Crippen molar-refractivity contribution in [2.24, 2.45) is 0 Å². The van der Waals surface area contributed by atoms with Gasteiger partial charge < -0.3 is 0 Å². The van der Waals surface area contributed by atoms with Crippen molar-refractivity contribution in [1.29, 1.82) is 0 Å². The van der Waals surface area contributed by atoms with Crippen molar-refractivity contribution in [3.8, 4) is 0 Å². The van der Waals surface area contributed by atoms with E-state index in [1.807, 2.05) is 6.07 Å². The molecule has 2 rings (SSSR count). The summed E-state index contributed by atoms with van der Waals surface area (Å²) < 4.78 is 0. The van der Waals surface area contributed by atoms with Crippen molar-refractivity contribution < 1.29 is 14.4 Å². The molecular formula is C25H30O3. The lowest BCUT2D eigenvalue weighted by Gasteiger charge is -2.13. The molecule has 0 fully saturated rings. The first-order chi connectivity index (χ1) is 13.6. The summed E-state index contributed by atoms with van der Waals surface area (Å²) in [7, 11) is 0. The number of hydrogen-bond acceptors (Lipinski definition) is 3. The second kappa shape index (κ2) is 11.3. The van der Waals surface area contributed by atoms with E-state index < -0.39 is 0 Å². The molecule has 0 amide bonds. The average Bonchev–Trinajstić information content (AvgIpc) is 2.73. The van der Waals surface area contributed by atoms with Crippen molar-refractivity contribution in [2.45, 2.75) is 65.2 Å². The minimum absolute atomic E-state index is 0.0463. The summed E-state index contributed by atoms with van der Waals surface area (Å²) in [4.78, 5) is 38.9. The minimum atomic E-state index is -0.206. The highest BCUT2D eigenvalue weighted by Crippen LogP contribution is 2.23. The predicted octanol–water partition coefficient (Wildman–Crippen LogP) is 6.44. The van der Waals surface area contributed by atoms with Gasteiger partial charge in [-0.25, -0.2) is 0 Å². The maximum atomic E-state index is 13.1. The van der Waals surface area contributed by atoms with Crippen LogP contribution < -0.4 is 0 Å². The lowest BCUT2D eigenvalue weighted by atomic mass is 9.88. The standard InChI is InChI=1S/C25H30O3/c1-3-5-8-17-22(26)20-15-12-16-21(24(20)23(27)18-9-6-4-2)25(28)19-13-10-7-11-14-19/h7,10-16H,3-6,8-9,17-18H2,1-2H3. The fraction of sp³-hybridized carbons (Fsp3) is 0.400. The fourth-order valence-electron chi connectivity index (χ4n) is 3.35. The fourth-order valence-corrected chi connectivity index (χ4v) is 3.35. The van der Waals surface area contributed by atoms with Crippen LogP contribution in [-0.2, 0) is 0 Å². The van der Waals surface area contributed by atoms with Gasteiger partial charge >= 0.3 is 0 Å². The molecule has 0 saturated carbocycles. The number of Topliss-reactive ketones (excluding diaryl/α,β-unsaturated/α-hetero) is 2. The van der Waals surface area contributed by atoms with E-state index in [4.69, 9.17) is 0 Å². The van der Waals surface area contributed by atoms with Gasteiger partial charge in [0.1, 0.15) is 0 Å². The summed E-state index contributed by atoms with van der Waals surface area (Å²) in [6.45, 7) is 4.17. The van der Waals surface area contributed by atoms with E-state index in [-0.39, 0.29) is 17.3 Å². The number of carbonyl (C=O) groups excluding carboxylic acids is 3. The molecule has 0 bridgehead atoms. The summed E-state index contributed by atoms with van der Waals surface area (Å²) in [5, 5.41) is 0. The van der Waals surface area contributed by atoms with E-state index in [0.29, 0.717) is 35.1 Å². The molecule has 0 atom stereocenters. The first-order valence-corrected chi connectivity index (χ1v) is 10.4. The minimum Gasteiger partial charge on any atom is -0.294 e. The Hall–Kier alpha value is -2.55. The molecule has 0 radical (unpaired) electrons. The van der Waals surface area contributed by atoms with Gasteiger partial charge in [-0.05, 0) is 12.8 Å². The molecule has 0 N–H and O–H groups in total. The molecule has 0 spiro atoms. The highest BCUT2D eigenvalue weighted by molar-refractivity contribution is 6.19. The number of hydrogen-bond donors (Lipinski definition) is 0. The average molecular weight is 379 g/mol. The van der Waals surface area contributed by atoms with Crippen LogP contribution in [0.1, 0.15) is 102 Å². The molecule has 2 aromatic carbocycles. The Labute approximate surface area is 168 Å². The van der Waals surface area contributed by atoms with Crippen LogP contribution in [0.25, 0.3) is 0 Å². The number of carbonyl (C=O) groups is 3. The summed E-state index contributed by atoms with van der Waals surface area (Å²) in [5.74, 6) is -0.357. The molecule has 3 nitrogen and oxygen atoms in total. The third kappa shape index (κ3) is 5.72. The zero-order valence-corrected chi connectivity index (χ0v) is 17.0.